The molecule has 0 aromatic heterocycles. The predicted molar refractivity (Wildman–Crippen MR) is 48.6 cm³/mol. The molecule has 0 heterocycles. The molecule has 0 fully saturated rings. The van der Waals surface area contributed by atoms with Crippen LogP contribution in [-0.2, 0) is 4.79 Å². The molecule has 70 valence electrons. The highest BCUT2D eigenvalue weighted by Gasteiger charge is 1.97. The van der Waals surface area contributed by atoms with Gasteiger partial charge in [-0.3, -0.25) is 0 Å². The molecule has 3 nitrogen and oxygen atoms in total. The Morgan fingerprint density at radius 2 is 2.17 bits per heavy atom. The van der Waals surface area contributed by atoms with Crippen LogP contribution in [0.3, 0.4) is 0 Å². The van der Waals surface area contributed by atoms with Crippen molar-refractivity contribution in [3.05, 3.63) is 11.8 Å². The van der Waals surface area contributed by atoms with Crippen molar-refractivity contribution in [3.8, 4) is 0 Å². The molecule has 0 saturated heterocycles. The van der Waals surface area contributed by atoms with E-state index in [1.807, 2.05) is 0 Å². The summed E-state index contributed by atoms with van der Waals surface area (Å²) in [4.78, 5) is 10.2. The minimum Gasteiger partial charge on any atom is -0.478 e. The Bertz CT molecular complexity index is 173. The molecule has 3 N–H and O–H groups in total. The van der Waals surface area contributed by atoms with Crippen LogP contribution < -0.4 is 5.73 Å². The lowest BCUT2D eigenvalue weighted by Crippen LogP contribution is -2.02. The number of carboxylic acid groups (broad SMARTS) is 1. The monoisotopic (exact) mass is 171 g/mol. The fourth-order valence-corrected chi connectivity index (χ4v) is 0.945. The lowest BCUT2D eigenvalue weighted by atomic mass is 10.1. The molecule has 0 amide bonds. The van der Waals surface area contributed by atoms with E-state index in [2.05, 4.69) is 13.8 Å². The van der Waals surface area contributed by atoms with Gasteiger partial charge in [0.15, 0.2) is 0 Å². The smallest absolute Gasteiger partial charge is 0.330 e. The van der Waals surface area contributed by atoms with Gasteiger partial charge in [-0.15, -0.1) is 0 Å². The third kappa shape index (κ3) is 7.12. The summed E-state index contributed by atoms with van der Waals surface area (Å²) in [6.07, 6.45) is 3.81. The van der Waals surface area contributed by atoms with Gasteiger partial charge in [-0.25, -0.2) is 4.79 Å². The summed E-state index contributed by atoms with van der Waals surface area (Å²) in [7, 11) is 0. The molecule has 0 aliphatic carbocycles. The minimum absolute atomic E-state index is 0.461. The second kappa shape index (κ2) is 5.63. The van der Waals surface area contributed by atoms with Crippen LogP contribution in [0, 0.1) is 5.92 Å². The molecule has 0 aliphatic rings. The molecule has 3 heteroatoms. The molecule has 0 rings (SSSR count). The maximum Gasteiger partial charge on any atom is 0.330 e. The largest absolute Gasteiger partial charge is 0.478 e. The fraction of sp³-hybridized carbons (Fsp3) is 0.667. The maximum atomic E-state index is 10.2. The van der Waals surface area contributed by atoms with Gasteiger partial charge in [0.1, 0.15) is 0 Å². The van der Waals surface area contributed by atoms with E-state index in [0.717, 1.165) is 18.9 Å². The number of aliphatic carboxylic acids is 1. The molecule has 12 heavy (non-hydrogen) atoms. The first-order valence-electron chi connectivity index (χ1n) is 4.21. The molecule has 0 aliphatic heterocycles. The van der Waals surface area contributed by atoms with E-state index in [0.29, 0.717) is 18.0 Å². The van der Waals surface area contributed by atoms with Gasteiger partial charge in [-0.05, 0) is 18.8 Å². The number of rotatable bonds is 5. The highest BCUT2D eigenvalue weighted by molar-refractivity contribution is 5.80. The van der Waals surface area contributed by atoms with E-state index >= 15 is 0 Å². The van der Waals surface area contributed by atoms with Gasteiger partial charge < -0.3 is 10.8 Å². The molecule has 0 atom stereocenters. The third-order valence-corrected chi connectivity index (χ3v) is 1.56. The Balaban J connectivity index is 3.57. The van der Waals surface area contributed by atoms with Crippen molar-refractivity contribution >= 4 is 5.97 Å². The Labute approximate surface area is 73.3 Å². The van der Waals surface area contributed by atoms with Crippen LogP contribution in [0.15, 0.2) is 11.8 Å². The van der Waals surface area contributed by atoms with Gasteiger partial charge in [0.25, 0.3) is 0 Å². The van der Waals surface area contributed by atoms with Crippen molar-refractivity contribution in [1.29, 1.82) is 0 Å². The zero-order chi connectivity index (χ0) is 9.56. The van der Waals surface area contributed by atoms with E-state index in [-0.39, 0.29) is 0 Å². The van der Waals surface area contributed by atoms with Gasteiger partial charge in [0, 0.05) is 11.8 Å². The maximum absolute atomic E-state index is 10.2. The van der Waals surface area contributed by atoms with Crippen molar-refractivity contribution in [1.82, 2.24) is 0 Å². The highest BCUT2D eigenvalue weighted by atomic mass is 16.4. The number of carbonyl (C=O) groups is 1. The second-order valence-electron chi connectivity index (χ2n) is 3.34. The van der Waals surface area contributed by atoms with Crippen LogP contribution in [0.5, 0.6) is 0 Å². The summed E-state index contributed by atoms with van der Waals surface area (Å²) in [6, 6.07) is 0. The van der Waals surface area contributed by atoms with E-state index in [9.17, 15) is 4.79 Å². The third-order valence-electron chi connectivity index (χ3n) is 1.56. The number of hydrogen-bond donors (Lipinski definition) is 2. The first-order valence-corrected chi connectivity index (χ1v) is 4.21. The summed E-state index contributed by atoms with van der Waals surface area (Å²) in [5.41, 5.74) is 5.90. The summed E-state index contributed by atoms with van der Waals surface area (Å²) in [5.74, 6) is -0.306. The van der Waals surface area contributed by atoms with Crippen LogP contribution in [0.1, 0.15) is 33.1 Å². The number of carboxylic acids is 1. The molecule has 0 spiro atoms. The van der Waals surface area contributed by atoms with Crippen molar-refractivity contribution in [2.75, 3.05) is 0 Å². The lowest BCUT2D eigenvalue weighted by Gasteiger charge is -2.03. The molecular formula is C9H17NO2. The van der Waals surface area contributed by atoms with Gasteiger partial charge in [-0.1, -0.05) is 20.3 Å². The first-order chi connectivity index (χ1) is 5.52. The molecule has 0 bridgehead atoms. The topological polar surface area (TPSA) is 63.3 Å². The zero-order valence-electron chi connectivity index (χ0n) is 7.71. The highest BCUT2D eigenvalue weighted by Crippen LogP contribution is 2.08. The van der Waals surface area contributed by atoms with Crippen molar-refractivity contribution in [3.63, 3.8) is 0 Å². The Morgan fingerprint density at radius 1 is 1.58 bits per heavy atom. The molecule has 0 aromatic carbocycles. The first kappa shape index (κ1) is 11.0. The molecule has 0 saturated carbocycles. The SMILES string of the molecule is CC(C)CCC/C(N)=C/C(=O)O. The Kier molecular flexibility index (Phi) is 5.17. The van der Waals surface area contributed by atoms with Gasteiger partial charge in [0.05, 0.1) is 0 Å². The van der Waals surface area contributed by atoms with E-state index in [1.165, 1.54) is 0 Å². The van der Waals surface area contributed by atoms with E-state index < -0.39 is 5.97 Å². The van der Waals surface area contributed by atoms with E-state index in [4.69, 9.17) is 10.8 Å². The van der Waals surface area contributed by atoms with Crippen LogP contribution in [0.2, 0.25) is 0 Å². The number of nitrogens with two attached hydrogens (primary N) is 1. The average molecular weight is 171 g/mol. The van der Waals surface area contributed by atoms with Crippen LogP contribution in [0.4, 0.5) is 0 Å². The minimum atomic E-state index is -0.961. The molecule has 0 radical (unpaired) electrons. The normalized spacial score (nSPS) is 12.1. The standard InChI is InChI=1S/C9H17NO2/c1-7(2)4-3-5-8(10)6-9(11)12/h6-7H,3-5,10H2,1-2H3,(H,11,12)/b8-6-. The van der Waals surface area contributed by atoms with Gasteiger partial charge >= 0.3 is 5.97 Å². The van der Waals surface area contributed by atoms with E-state index in [1.54, 1.807) is 0 Å². The van der Waals surface area contributed by atoms with Crippen LogP contribution in [0.25, 0.3) is 0 Å². The summed E-state index contributed by atoms with van der Waals surface area (Å²) in [6.45, 7) is 4.27. The number of allylic oxidation sites excluding steroid dienone is 1. The molecule has 0 aromatic rings. The van der Waals surface area contributed by atoms with Crippen molar-refractivity contribution in [2.45, 2.75) is 33.1 Å². The number of hydrogen-bond acceptors (Lipinski definition) is 2. The predicted octanol–water partition coefficient (Wildman–Crippen LogP) is 1.74. The quantitative estimate of drug-likeness (QED) is 0.619. The summed E-state index contributed by atoms with van der Waals surface area (Å²) in [5, 5.41) is 8.34. The van der Waals surface area contributed by atoms with Gasteiger partial charge in [0.2, 0.25) is 0 Å². The summed E-state index contributed by atoms with van der Waals surface area (Å²) >= 11 is 0. The summed E-state index contributed by atoms with van der Waals surface area (Å²) < 4.78 is 0. The van der Waals surface area contributed by atoms with Gasteiger partial charge in [-0.2, -0.15) is 0 Å². The van der Waals surface area contributed by atoms with Crippen molar-refractivity contribution in [2.24, 2.45) is 11.7 Å². The zero-order valence-corrected chi connectivity index (χ0v) is 7.71. The Hall–Kier alpha value is -0.990. The molecule has 0 unspecified atom stereocenters. The average Bonchev–Trinajstić information content (AvgIpc) is 1.84. The Morgan fingerprint density at radius 3 is 2.58 bits per heavy atom. The molecular weight excluding hydrogens is 154 g/mol. The van der Waals surface area contributed by atoms with Crippen LogP contribution >= 0.6 is 0 Å². The van der Waals surface area contributed by atoms with Crippen molar-refractivity contribution < 1.29 is 9.90 Å². The lowest BCUT2D eigenvalue weighted by molar-refractivity contribution is -0.131. The fourth-order valence-electron chi connectivity index (χ4n) is 0.945. The van der Waals surface area contributed by atoms with Crippen LogP contribution in [-0.4, -0.2) is 11.1 Å². The second-order valence-corrected chi connectivity index (χ2v) is 3.34.